The first-order valence-corrected chi connectivity index (χ1v) is 6.60. The first kappa shape index (κ1) is 13.3. The van der Waals surface area contributed by atoms with Gasteiger partial charge in [-0.1, -0.05) is 0 Å². The van der Waals surface area contributed by atoms with Gasteiger partial charge in [0.25, 0.3) is 0 Å². The molecular weight excluding hydrogens is 232 g/mol. The van der Waals surface area contributed by atoms with Crippen molar-refractivity contribution < 1.29 is 18.0 Å². The van der Waals surface area contributed by atoms with E-state index in [1.165, 1.54) is 19.2 Å². The fourth-order valence-corrected chi connectivity index (χ4v) is 3.10. The lowest BCUT2D eigenvalue weighted by atomic mass is 10.3. The summed E-state index contributed by atoms with van der Waals surface area (Å²) in [6, 6.07) is 1.46. The van der Waals surface area contributed by atoms with Gasteiger partial charge in [-0.05, 0) is 26.8 Å². The number of halogens is 1. The highest BCUT2D eigenvalue weighted by Gasteiger charge is 2.29. The lowest BCUT2D eigenvalue weighted by Crippen LogP contribution is -2.16. The highest BCUT2D eigenvalue weighted by Crippen LogP contribution is 2.47. The van der Waals surface area contributed by atoms with Crippen LogP contribution in [-0.4, -0.2) is 18.2 Å². The Kier molecular flexibility index (Phi) is 4.59. The van der Waals surface area contributed by atoms with Crippen molar-refractivity contribution in [1.82, 2.24) is 4.98 Å². The molecule has 16 heavy (non-hydrogen) atoms. The van der Waals surface area contributed by atoms with E-state index >= 15 is 0 Å². The molecule has 1 aromatic rings. The van der Waals surface area contributed by atoms with E-state index in [1.54, 1.807) is 13.8 Å². The molecular formula is C10H15FNO3P. The number of hydrogen-bond donors (Lipinski definition) is 0. The Morgan fingerprint density at radius 1 is 1.38 bits per heavy atom. The van der Waals surface area contributed by atoms with Crippen molar-refractivity contribution in [3.63, 3.8) is 0 Å². The SMILES string of the molecule is CCOP(=O)(OCC)c1ccnc(F)c1C. The summed E-state index contributed by atoms with van der Waals surface area (Å²) in [6.07, 6.45) is 1.25. The van der Waals surface area contributed by atoms with E-state index in [0.717, 1.165) is 0 Å². The van der Waals surface area contributed by atoms with Gasteiger partial charge in [-0.3, -0.25) is 4.57 Å². The lowest BCUT2D eigenvalue weighted by Gasteiger charge is -2.18. The van der Waals surface area contributed by atoms with E-state index in [4.69, 9.17) is 9.05 Å². The minimum absolute atomic E-state index is 0.202. The summed E-state index contributed by atoms with van der Waals surface area (Å²) in [5, 5.41) is 0.240. The van der Waals surface area contributed by atoms with E-state index in [-0.39, 0.29) is 24.1 Å². The van der Waals surface area contributed by atoms with Crippen LogP contribution in [0.25, 0.3) is 0 Å². The second kappa shape index (κ2) is 5.53. The predicted molar refractivity (Wildman–Crippen MR) is 59.4 cm³/mol. The van der Waals surface area contributed by atoms with Crippen LogP contribution in [0.2, 0.25) is 0 Å². The number of hydrogen-bond acceptors (Lipinski definition) is 4. The molecule has 0 spiro atoms. The largest absolute Gasteiger partial charge is 0.361 e. The molecule has 0 radical (unpaired) electrons. The molecule has 90 valence electrons. The van der Waals surface area contributed by atoms with Crippen molar-refractivity contribution >= 4 is 12.9 Å². The average molecular weight is 247 g/mol. The first-order chi connectivity index (χ1) is 7.55. The van der Waals surface area contributed by atoms with Crippen LogP contribution in [0.3, 0.4) is 0 Å². The maximum atomic E-state index is 13.2. The minimum atomic E-state index is -3.42. The molecule has 0 aromatic carbocycles. The monoisotopic (exact) mass is 247 g/mol. The van der Waals surface area contributed by atoms with E-state index in [1.807, 2.05) is 0 Å². The molecule has 1 rings (SSSR count). The molecule has 0 atom stereocenters. The number of rotatable bonds is 5. The van der Waals surface area contributed by atoms with Gasteiger partial charge in [0.1, 0.15) is 0 Å². The van der Waals surface area contributed by atoms with Crippen molar-refractivity contribution in [3.05, 3.63) is 23.8 Å². The van der Waals surface area contributed by atoms with Crippen LogP contribution in [0, 0.1) is 12.9 Å². The standard InChI is InChI=1S/C10H15FNO3P/c1-4-14-16(13,15-5-2)9-6-7-12-10(11)8(9)3/h6-7H,4-5H2,1-3H3. The number of pyridine rings is 1. The quantitative estimate of drug-likeness (QED) is 0.592. The maximum Gasteiger partial charge on any atom is 0.361 e. The number of aromatic nitrogens is 1. The fraction of sp³-hybridized carbons (Fsp3) is 0.500. The Morgan fingerprint density at radius 2 is 1.94 bits per heavy atom. The summed E-state index contributed by atoms with van der Waals surface area (Å²) >= 11 is 0. The maximum absolute atomic E-state index is 13.2. The Labute approximate surface area is 94.3 Å². The van der Waals surface area contributed by atoms with Gasteiger partial charge in [-0.25, -0.2) is 4.98 Å². The second-order valence-corrected chi connectivity index (χ2v) is 5.07. The van der Waals surface area contributed by atoms with Crippen LogP contribution < -0.4 is 5.30 Å². The third-order valence-electron chi connectivity index (χ3n) is 2.01. The molecule has 1 heterocycles. The second-order valence-electron chi connectivity index (χ2n) is 3.08. The summed E-state index contributed by atoms with van der Waals surface area (Å²) < 4.78 is 35.9. The van der Waals surface area contributed by atoms with Crippen molar-refractivity contribution in [2.24, 2.45) is 0 Å². The van der Waals surface area contributed by atoms with Crippen LogP contribution in [0.5, 0.6) is 0 Å². The van der Waals surface area contributed by atoms with Gasteiger partial charge in [-0.2, -0.15) is 4.39 Å². The zero-order valence-electron chi connectivity index (χ0n) is 9.57. The van der Waals surface area contributed by atoms with Crippen LogP contribution in [0.1, 0.15) is 19.4 Å². The molecule has 0 aliphatic rings. The van der Waals surface area contributed by atoms with Gasteiger partial charge in [0.15, 0.2) is 0 Å². The van der Waals surface area contributed by atoms with Crippen LogP contribution in [0.4, 0.5) is 4.39 Å². The van der Waals surface area contributed by atoms with Crippen molar-refractivity contribution in [1.29, 1.82) is 0 Å². The molecule has 6 heteroatoms. The van der Waals surface area contributed by atoms with Gasteiger partial charge < -0.3 is 9.05 Å². The van der Waals surface area contributed by atoms with E-state index in [9.17, 15) is 8.96 Å². The lowest BCUT2D eigenvalue weighted by molar-refractivity contribution is 0.229. The molecule has 0 saturated heterocycles. The number of nitrogens with zero attached hydrogens (tertiary/aromatic N) is 1. The third-order valence-corrected chi connectivity index (χ3v) is 4.28. The average Bonchev–Trinajstić information content (AvgIpc) is 2.22. The molecule has 0 aliphatic heterocycles. The van der Waals surface area contributed by atoms with Gasteiger partial charge in [0.2, 0.25) is 5.95 Å². The highest BCUT2D eigenvalue weighted by molar-refractivity contribution is 7.62. The highest BCUT2D eigenvalue weighted by atomic mass is 31.2. The topological polar surface area (TPSA) is 48.4 Å². The van der Waals surface area contributed by atoms with Gasteiger partial charge in [0, 0.05) is 11.8 Å². The zero-order valence-corrected chi connectivity index (χ0v) is 10.5. The van der Waals surface area contributed by atoms with E-state index in [2.05, 4.69) is 4.98 Å². The molecule has 0 amide bonds. The van der Waals surface area contributed by atoms with Crippen molar-refractivity contribution in [3.8, 4) is 0 Å². The molecule has 1 aromatic heterocycles. The summed E-state index contributed by atoms with van der Waals surface area (Å²) in [5.41, 5.74) is 0.202. The van der Waals surface area contributed by atoms with E-state index in [0.29, 0.717) is 0 Å². The molecule has 0 fully saturated rings. The molecule has 0 aliphatic carbocycles. The molecule has 0 bridgehead atoms. The third kappa shape index (κ3) is 2.67. The van der Waals surface area contributed by atoms with Gasteiger partial charge in [-0.15, -0.1) is 0 Å². The van der Waals surface area contributed by atoms with Crippen molar-refractivity contribution in [2.75, 3.05) is 13.2 Å². The summed E-state index contributed by atoms with van der Waals surface area (Å²) in [7, 11) is -3.42. The minimum Gasteiger partial charge on any atom is -0.305 e. The Hall–Kier alpha value is -0.770. The molecule has 0 N–H and O–H groups in total. The zero-order chi connectivity index (χ0) is 12.2. The predicted octanol–water partition coefficient (Wildman–Crippen LogP) is 2.42. The van der Waals surface area contributed by atoms with Crippen molar-refractivity contribution in [2.45, 2.75) is 20.8 Å². The Bertz CT molecular complexity index is 401. The molecule has 4 nitrogen and oxygen atoms in total. The molecule has 0 saturated carbocycles. The van der Waals surface area contributed by atoms with Crippen LogP contribution in [-0.2, 0) is 13.6 Å². The summed E-state index contributed by atoms with van der Waals surface area (Å²) in [6.45, 7) is 5.39. The summed E-state index contributed by atoms with van der Waals surface area (Å²) in [5.74, 6) is -0.655. The van der Waals surface area contributed by atoms with Crippen LogP contribution in [0.15, 0.2) is 12.3 Å². The smallest absolute Gasteiger partial charge is 0.305 e. The van der Waals surface area contributed by atoms with Gasteiger partial charge in [0.05, 0.1) is 18.5 Å². The van der Waals surface area contributed by atoms with E-state index < -0.39 is 13.5 Å². The molecule has 0 unspecified atom stereocenters. The van der Waals surface area contributed by atoms with Gasteiger partial charge >= 0.3 is 7.60 Å². The van der Waals surface area contributed by atoms with Crippen LogP contribution >= 0.6 is 7.60 Å². The summed E-state index contributed by atoms with van der Waals surface area (Å²) in [4.78, 5) is 3.47. The normalized spacial score (nSPS) is 11.8. The Balaban J connectivity index is 3.21. The fourth-order valence-electron chi connectivity index (χ4n) is 1.31. The Morgan fingerprint density at radius 3 is 2.44 bits per heavy atom. The first-order valence-electron chi connectivity index (χ1n) is 5.06.